The van der Waals surface area contributed by atoms with Gasteiger partial charge in [-0.25, -0.2) is 9.37 Å². The van der Waals surface area contributed by atoms with Gasteiger partial charge in [-0.05, 0) is 42.0 Å². The van der Waals surface area contributed by atoms with Crippen LogP contribution in [0.3, 0.4) is 0 Å². The van der Waals surface area contributed by atoms with Gasteiger partial charge < -0.3 is 26.0 Å². The van der Waals surface area contributed by atoms with Crippen molar-refractivity contribution < 1.29 is 13.9 Å². The van der Waals surface area contributed by atoms with Crippen LogP contribution in [0, 0.1) is 5.82 Å². The van der Waals surface area contributed by atoms with Gasteiger partial charge in [0.2, 0.25) is 0 Å². The molecule has 0 unspecified atom stereocenters. The fourth-order valence-corrected chi connectivity index (χ4v) is 3.39. The second-order valence-corrected chi connectivity index (χ2v) is 7.23. The van der Waals surface area contributed by atoms with Gasteiger partial charge in [0.25, 0.3) is 5.91 Å². The van der Waals surface area contributed by atoms with Crippen LogP contribution in [0.15, 0.2) is 60.8 Å². The summed E-state index contributed by atoms with van der Waals surface area (Å²) in [4.78, 5) is 18.4. The molecule has 1 fully saturated rings. The zero-order valence-corrected chi connectivity index (χ0v) is 17.0. The lowest BCUT2D eigenvalue weighted by Gasteiger charge is -2.28. The normalized spacial score (nSPS) is 13.6. The topological polar surface area (TPSA) is 92.5 Å². The Kier molecular flexibility index (Phi) is 6.28. The predicted molar refractivity (Wildman–Crippen MR) is 119 cm³/mol. The van der Waals surface area contributed by atoms with E-state index in [-0.39, 0.29) is 11.4 Å². The van der Waals surface area contributed by atoms with Gasteiger partial charge in [-0.15, -0.1) is 0 Å². The van der Waals surface area contributed by atoms with Crippen molar-refractivity contribution in [1.82, 2.24) is 4.98 Å². The number of aromatic nitrogens is 1. The summed E-state index contributed by atoms with van der Waals surface area (Å²) in [5, 5.41) is 6.44. The highest BCUT2D eigenvalue weighted by molar-refractivity contribution is 5.98. The molecule has 1 saturated heterocycles. The number of halogens is 1. The number of anilines is 4. The van der Waals surface area contributed by atoms with Crippen molar-refractivity contribution in [3.8, 4) is 0 Å². The number of nitrogens with two attached hydrogens (primary N) is 1. The molecule has 1 aliphatic rings. The number of hydrogen-bond donors (Lipinski definition) is 3. The number of amides is 1. The lowest BCUT2D eigenvalue weighted by atomic mass is 10.2. The van der Waals surface area contributed by atoms with E-state index in [1.807, 2.05) is 12.1 Å². The molecule has 1 aliphatic heterocycles. The molecule has 3 aromatic rings. The van der Waals surface area contributed by atoms with Crippen LogP contribution < -0.4 is 21.3 Å². The number of benzene rings is 2. The van der Waals surface area contributed by atoms with Gasteiger partial charge >= 0.3 is 0 Å². The molecule has 0 saturated carbocycles. The van der Waals surface area contributed by atoms with Crippen LogP contribution in [-0.2, 0) is 11.3 Å². The first-order valence-corrected chi connectivity index (χ1v) is 10.1. The highest BCUT2D eigenvalue weighted by Crippen LogP contribution is 2.24. The Labute approximate surface area is 180 Å². The summed E-state index contributed by atoms with van der Waals surface area (Å²) in [6.45, 7) is 3.66. The number of pyridine rings is 1. The Balaban J connectivity index is 1.47. The summed E-state index contributed by atoms with van der Waals surface area (Å²) in [7, 11) is 0. The summed E-state index contributed by atoms with van der Waals surface area (Å²) >= 11 is 0. The molecule has 4 N–H and O–H groups in total. The molecule has 1 amide bonds. The summed E-state index contributed by atoms with van der Waals surface area (Å²) < 4.78 is 18.5. The maximum atomic E-state index is 13.1. The maximum Gasteiger partial charge on any atom is 0.252 e. The molecule has 160 valence electrons. The van der Waals surface area contributed by atoms with E-state index in [1.165, 1.54) is 18.3 Å². The minimum atomic E-state index is -0.574. The molecule has 4 rings (SSSR count). The SMILES string of the molecule is NC(=O)c1cnc(Nc2ccc(N3CCOCC3)cc2)cc1NCc1ccc(F)cc1. The summed E-state index contributed by atoms with van der Waals surface area (Å²) in [6, 6.07) is 16.0. The number of nitrogens with one attached hydrogen (secondary N) is 2. The average molecular weight is 421 g/mol. The molecule has 0 atom stereocenters. The van der Waals surface area contributed by atoms with E-state index >= 15 is 0 Å². The van der Waals surface area contributed by atoms with Crippen molar-refractivity contribution in [1.29, 1.82) is 0 Å². The van der Waals surface area contributed by atoms with Gasteiger partial charge in [0.15, 0.2) is 0 Å². The molecule has 0 spiro atoms. The molecule has 2 heterocycles. The zero-order valence-electron chi connectivity index (χ0n) is 17.0. The third-order valence-electron chi connectivity index (χ3n) is 5.08. The van der Waals surface area contributed by atoms with Crippen LogP contribution in [0.25, 0.3) is 0 Å². The van der Waals surface area contributed by atoms with Gasteiger partial charge in [-0.2, -0.15) is 0 Å². The largest absolute Gasteiger partial charge is 0.380 e. The lowest BCUT2D eigenvalue weighted by molar-refractivity contribution is 0.100. The van der Waals surface area contributed by atoms with Crippen molar-refractivity contribution in [3.63, 3.8) is 0 Å². The molecule has 2 aromatic carbocycles. The van der Waals surface area contributed by atoms with E-state index < -0.39 is 5.91 Å². The first-order valence-electron chi connectivity index (χ1n) is 10.1. The number of morpholine rings is 1. The van der Waals surface area contributed by atoms with Gasteiger partial charge in [-0.1, -0.05) is 12.1 Å². The van der Waals surface area contributed by atoms with Crippen LogP contribution >= 0.6 is 0 Å². The standard InChI is InChI=1S/C23H24FN5O2/c24-17-3-1-16(2-4-17)14-26-21-13-22(27-15-20(21)23(25)30)28-18-5-7-19(8-6-18)29-9-11-31-12-10-29/h1-8,13,15H,9-12,14H2,(H2,25,30)(H2,26,27,28). The number of ether oxygens (including phenoxy) is 1. The number of hydrogen-bond acceptors (Lipinski definition) is 6. The first kappa shape index (κ1) is 20.6. The highest BCUT2D eigenvalue weighted by atomic mass is 19.1. The minimum absolute atomic E-state index is 0.287. The van der Waals surface area contributed by atoms with Crippen LogP contribution in [0.1, 0.15) is 15.9 Å². The smallest absolute Gasteiger partial charge is 0.252 e. The van der Waals surface area contributed by atoms with E-state index in [9.17, 15) is 9.18 Å². The molecule has 31 heavy (non-hydrogen) atoms. The van der Waals surface area contributed by atoms with Crippen molar-refractivity contribution >= 4 is 28.8 Å². The number of rotatable bonds is 7. The second-order valence-electron chi connectivity index (χ2n) is 7.23. The molecule has 1 aromatic heterocycles. The van der Waals surface area contributed by atoms with E-state index in [4.69, 9.17) is 10.5 Å². The summed E-state index contributed by atoms with van der Waals surface area (Å²) in [5.41, 5.74) is 9.23. The van der Waals surface area contributed by atoms with E-state index in [0.717, 1.165) is 43.2 Å². The van der Waals surface area contributed by atoms with Crippen molar-refractivity contribution in [2.24, 2.45) is 5.73 Å². The van der Waals surface area contributed by atoms with E-state index in [2.05, 4.69) is 32.7 Å². The monoisotopic (exact) mass is 421 g/mol. The highest BCUT2D eigenvalue weighted by Gasteiger charge is 2.12. The van der Waals surface area contributed by atoms with Gasteiger partial charge in [0, 0.05) is 43.3 Å². The molecule has 0 radical (unpaired) electrons. The van der Waals surface area contributed by atoms with Crippen LogP contribution in [0.2, 0.25) is 0 Å². The fraction of sp³-hybridized carbons (Fsp3) is 0.217. The third kappa shape index (κ3) is 5.29. The Hall–Kier alpha value is -3.65. The van der Waals surface area contributed by atoms with E-state index in [0.29, 0.717) is 18.1 Å². The van der Waals surface area contributed by atoms with Crippen LogP contribution in [-0.4, -0.2) is 37.2 Å². The fourth-order valence-electron chi connectivity index (χ4n) is 3.39. The molecular formula is C23H24FN5O2. The van der Waals surface area contributed by atoms with Crippen molar-refractivity contribution in [3.05, 3.63) is 77.7 Å². The third-order valence-corrected chi connectivity index (χ3v) is 5.08. The average Bonchev–Trinajstić information content (AvgIpc) is 2.80. The molecule has 7 nitrogen and oxygen atoms in total. The predicted octanol–water partition coefficient (Wildman–Crippen LogP) is 3.51. The Morgan fingerprint density at radius 3 is 2.48 bits per heavy atom. The molecule has 0 bridgehead atoms. The number of nitrogens with zero attached hydrogens (tertiary/aromatic N) is 2. The Bertz CT molecular complexity index is 1030. The second kappa shape index (κ2) is 9.44. The Morgan fingerprint density at radius 1 is 1.10 bits per heavy atom. The van der Waals surface area contributed by atoms with Crippen LogP contribution in [0.5, 0.6) is 0 Å². The lowest BCUT2D eigenvalue weighted by Crippen LogP contribution is -2.36. The quantitative estimate of drug-likeness (QED) is 0.541. The number of primary amides is 1. The van der Waals surface area contributed by atoms with Crippen LogP contribution in [0.4, 0.5) is 27.3 Å². The van der Waals surface area contributed by atoms with Crippen molar-refractivity contribution in [2.45, 2.75) is 6.54 Å². The van der Waals surface area contributed by atoms with Crippen molar-refractivity contribution in [2.75, 3.05) is 41.8 Å². The van der Waals surface area contributed by atoms with Gasteiger partial charge in [0.1, 0.15) is 11.6 Å². The first-order chi connectivity index (χ1) is 15.1. The molecule has 0 aliphatic carbocycles. The van der Waals surface area contributed by atoms with Gasteiger partial charge in [0.05, 0.1) is 24.5 Å². The number of carbonyl (C=O) groups is 1. The summed E-state index contributed by atoms with van der Waals surface area (Å²) in [5.74, 6) is -0.294. The minimum Gasteiger partial charge on any atom is -0.380 e. The molecular weight excluding hydrogens is 397 g/mol. The maximum absolute atomic E-state index is 13.1. The van der Waals surface area contributed by atoms with Gasteiger partial charge in [-0.3, -0.25) is 4.79 Å². The Morgan fingerprint density at radius 2 is 1.81 bits per heavy atom. The number of carbonyl (C=O) groups excluding carboxylic acids is 1. The van der Waals surface area contributed by atoms with E-state index in [1.54, 1.807) is 18.2 Å². The molecule has 8 heteroatoms. The summed E-state index contributed by atoms with van der Waals surface area (Å²) in [6.07, 6.45) is 1.44. The zero-order chi connectivity index (χ0) is 21.6.